The van der Waals surface area contributed by atoms with Crippen molar-refractivity contribution in [1.82, 2.24) is 9.97 Å². The zero-order valence-electron chi connectivity index (χ0n) is 9.06. The molecule has 0 radical (unpaired) electrons. The zero-order valence-corrected chi connectivity index (χ0v) is 9.82. The third kappa shape index (κ3) is 2.05. The largest absolute Gasteiger partial charge is 0.337 e. The minimum absolute atomic E-state index is 0.593. The first-order chi connectivity index (χ1) is 7.83. The van der Waals surface area contributed by atoms with Crippen LogP contribution in [0.4, 0.5) is 5.95 Å². The fourth-order valence-corrected chi connectivity index (χ4v) is 2.26. The summed E-state index contributed by atoms with van der Waals surface area (Å²) < 4.78 is 0. The Balaban J connectivity index is 1.71. The van der Waals surface area contributed by atoms with Gasteiger partial charge in [-0.25, -0.2) is 9.97 Å². The first-order valence-corrected chi connectivity index (χ1v) is 6.12. The molecule has 0 amide bonds. The molecule has 1 saturated carbocycles. The summed E-state index contributed by atoms with van der Waals surface area (Å²) in [4.78, 5) is 10.7. The van der Waals surface area contributed by atoms with Crippen LogP contribution >= 0.6 is 11.6 Å². The van der Waals surface area contributed by atoms with Gasteiger partial charge < -0.3 is 4.90 Å². The Morgan fingerprint density at radius 2 is 2.00 bits per heavy atom. The van der Waals surface area contributed by atoms with E-state index in [1.165, 1.54) is 12.8 Å². The van der Waals surface area contributed by atoms with Crippen molar-refractivity contribution in [2.24, 2.45) is 5.92 Å². The molecular weight excluding hydrogens is 222 g/mol. The molecule has 1 aliphatic carbocycles. The molecule has 0 N–H and O–H groups in total. The highest BCUT2D eigenvalue weighted by atomic mass is 35.5. The van der Waals surface area contributed by atoms with Crippen LogP contribution in [0.3, 0.4) is 0 Å². The first kappa shape index (κ1) is 10.1. The van der Waals surface area contributed by atoms with E-state index in [-0.39, 0.29) is 0 Å². The van der Waals surface area contributed by atoms with Crippen molar-refractivity contribution in [3.05, 3.63) is 29.1 Å². The summed E-state index contributed by atoms with van der Waals surface area (Å²) in [5.41, 5.74) is 1.64. The van der Waals surface area contributed by atoms with Gasteiger partial charge in [0, 0.05) is 13.1 Å². The van der Waals surface area contributed by atoms with Crippen LogP contribution in [0.15, 0.2) is 24.0 Å². The Labute approximate surface area is 100 Å². The summed E-state index contributed by atoms with van der Waals surface area (Å²) in [6, 6.07) is 0. The van der Waals surface area contributed by atoms with Gasteiger partial charge in [-0.1, -0.05) is 23.3 Å². The van der Waals surface area contributed by atoms with Gasteiger partial charge >= 0.3 is 0 Å². The lowest BCUT2D eigenvalue weighted by Gasteiger charge is -2.26. The molecule has 2 aliphatic rings. The van der Waals surface area contributed by atoms with Crippen molar-refractivity contribution < 1.29 is 0 Å². The van der Waals surface area contributed by atoms with Gasteiger partial charge in [0.15, 0.2) is 0 Å². The van der Waals surface area contributed by atoms with E-state index in [2.05, 4.69) is 20.9 Å². The Bertz CT molecular complexity index is 409. The van der Waals surface area contributed by atoms with Gasteiger partial charge in [0.2, 0.25) is 5.95 Å². The lowest BCUT2D eigenvalue weighted by molar-refractivity contribution is 0.724. The number of nitrogens with zero attached hydrogens (tertiary/aromatic N) is 3. The summed E-state index contributed by atoms with van der Waals surface area (Å²) in [6.45, 7) is 1.97. The van der Waals surface area contributed by atoms with Crippen LogP contribution in [0.25, 0.3) is 0 Å². The highest BCUT2D eigenvalue weighted by Gasteiger charge is 2.27. The van der Waals surface area contributed by atoms with Crippen molar-refractivity contribution in [1.29, 1.82) is 0 Å². The molecule has 1 fully saturated rings. The maximum Gasteiger partial charge on any atom is 0.225 e. The van der Waals surface area contributed by atoms with Crippen molar-refractivity contribution in [3.8, 4) is 0 Å². The van der Waals surface area contributed by atoms with Crippen LogP contribution < -0.4 is 4.90 Å². The van der Waals surface area contributed by atoms with Crippen molar-refractivity contribution >= 4 is 17.5 Å². The highest BCUT2D eigenvalue weighted by molar-refractivity contribution is 6.30. The normalized spacial score (nSPS) is 20.8. The number of rotatable bonds is 2. The second-order valence-corrected chi connectivity index (χ2v) is 4.89. The van der Waals surface area contributed by atoms with Gasteiger partial charge in [0.25, 0.3) is 0 Å². The minimum atomic E-state index is 0.593. The van der Waals surface area contributed by atoms with Gasteiger partial charge in [-0.2, -0.15) is 0 Å². The van der Waals surface area contributed by atoms with E-state index in [0.29, 0.717) is 5.02 Å². The molecule has 1 aliphatic heterocycles. The number of anilines is 1. The van der Waals surface area contributed by atoms with E-state index < -0.39 is 0 Å². The van der Waals surface area contributed by atoms with E-state index in [1.54, 1.807) is 18.0 Å². The number of hydrogen-bond donors (Lipinski definition) is 0. The van der Waals surface area contributed by atoms with E-state index in [1.807, 2.05) is 0 Å². The lowest BCUT2D eigenvalue weighted by Crippen LogP contribution is -2.30. The van der Waals surface area contributed by atoms with E-state index in [9.17, 15) is 0 Å². The fourth-order valence-electron chi connectivity index (χ4n) is 2.16. The summed E-state index contributed by atoms with van der Waals surface area (Å²) in [6.07, 6.45) is 9.61. The van der Waals surface area contributed by atoms with Gasteiger partial charge in [0.05, 0.1) is 17.4 Å². The Kier molecular flexibility index (Phi) is 2.56. The van der Waals surface area contributed by atoms with Crippen molar-refractivity contribution in [2.45, 2.75) is 19.3 Å². The average Bonchev–Trinajstić information content (AvgIpc) is 3.14. The monoisotopic (exact) mass is 235 g/mol. The highest BCUT2D eigenvalue weighted by Crippen LogP contribution is 2.39. The van der Waals surface area contributed by atoms with Crippen LogP contribution in [0.5, 0.6) is 0 Å². The molecule has 0 saturated heterocycles. The minimum Gasteiger partial charge on any atom is -0.337 e. The first-order valence-electron chi connectivity index (χ1n) is 5.74. The molecule has 1 aromatic heterocycles. The van der Waals surface area contributed by atoms with Crippen LogP contribution in [-0.4, -0.2) is 23.1 Å². The quantitative estimate of drug-likeness (QED) is 0.738. The van der Waals surface area contributed by atoms with Gasteiger partial charge in [-0.3, -0.25) is 0 Å². The summed E-state index contributed by atoms with van der Waals surface area (Å²) in [5, 5.41) is 0.593. The molecule has 0 atom stereocenters. The average molecular weight is 236 g/mol. The Morgan fingerprint density at radius 3 is 2.56 bits per heavy atom. The topological polar surface area (TPSA) is 29.0 Å². The van der Waals surface area contributed by atoms with Crippen LogP contribution in [0.1, 0.15) is 19.3 Å². The van der Waals surface area contributed by atoms with Gasteiger partial charge in [-0.05, 0) is 25.2 Å². The summed E-state index contributed by atoms with van der Waals surface area (Å²) >= 11 is 5.77. The predicted octanol–water partition coefficient (Wildman–Crippen LogP) is 2.68. The molecule has 16 heavy (non-hydrogen) atoms. The molecule has 2 heterocycles. The van der Waals surface area contributed by atoms with Crippen molar-refractivity contribution in [2.75, 3.05) is 18.0 Å². The predicted molar refractivity (Wildman–Crippen MR) is 64.7 cm³/mol. The SMILES string of the molecule is Clc1cnc(N2CC=C(C3CC3)CC2)nc1. The molecule has 0 bridgehead atoms. The van der Waals surface area contributed by atoms with E-state index in [4.69, 9.17) is 11.6 Å². The molecule has 4 heteroatoms. The third-order valence-electron chi connectivity index (χ3n) is 3.24. The molecule has 1 aromatic rings. The van der Waals surface area contributed by atoms with E-state index in [0.717, 1.165) is 31.4 Å². The molecule has 0 spiro atoms. The van der Waals surface area contributed by atoms with Crippen molar-refractivity contribution in [3.63, 3.8) is 0 Å². The maximum absolute atomic E-state index is 5.77. The standard InChI is InChI=1S/C12H14ClN3/c13-11-7-14-12(15-8-11)16-5-3-10(4-6-16)9-1-2-9/h3,7-9H,1-2,4-6H2. The number of aromatic nitrogens is 2. The van der Waals surface area contributed by atoms with Gasteiger partial charge in [0.1, 0.15) is 0 Å². The second kappa shape index (κ2) is 4.06. The van der Waals surface area contributed by atoms with Gasteiger partial charge in [-0.15, -0.1) is 0 Å². The van der Waals surface area contributed by atoms with Crippen LogP contribution in [-0.2, 0) is 0 Å². The molecule has 3 rings (SSSR count). The van der Waals surface area contributed by atoms with Crippen LogP contribution in [0, 0.1) is 5.92 Å². The maximum atomic E-state index is 5.77. The third-order valence-corrected chi connectivity index (χ3v) is 3.43. The second-order valence-electron chi connectivity index (χ2n) is 4.45. The molecule has 0 aromatic carbocycles. The number of hydrogen-bond acceptors (Lipinski definition) is 3. The number of halogens is 1. The lowest BCUT2D eigenvalue weighted by atomic mass is 10.0. The summed E-state index contributed by atoms with van der Waals surface area (Å²) in [5.74, 6) is 1.68. The fraction of sp³-hybridized carbons (Fsp3) is 0.500. The molecule has 0 unspecified atom stereocenters. The molecule has 3 nitrogen and oxygen atoms in total. The summed E-state index contributed by atoms with van der Waals surface area (Å²) in [7, 11) is 0. The zero-order chi connectivity index (χ0) is 11.0. The smallest absolute Gasteiger partial charge is 0.225 e. The Morgan fingerprint density at radius 1 is 1.25 bits per heavy atom. The molecular formula is C12H14ClN3. The van der Waals surface area contributed by atoms with E-state index >= 15 is 0 Å². The molecule has 84 valence electrons. The van der Waals surface area contributed by atoms with Crippen LogP contribution in [0.2, 0.25) is 5.02 Å². The Hall–Kier alpha value is -1.09.